The van der Waals surface area contributed by atoms with E-state index < -0.39 is 0 Å². The molecule has 0 radical (unpaired) electrons. The zero-order valence-corrected chi connectivity index (χ0v) is 17.6. The van der Waals surface area contributed by atoms with Crippen LogP contribution in [0.2, 0.25) is 0 Å². The van der Waals surface area contributed by atoms with Crippen LogP contribution in [0.4, 0.5) is 0 Å². The third kappa shape index (κ3) is 5.47. The molecule has 7 nitrogen and oxygen atoms in total. The average Bonchev–Trinajstić information content (AvgIpc) is 3.25. The van der Waals surface area contributed by atoms with Crippen LogP contribution in [0.1, 0.15) is 21.7 Å². The Morgan fingerprint density at radius 2 is 1.97 bits per heavy atom. The van der Waals surface area contributed by atoms with Crippen molar-refractivity contribution in [1.82, 2.24) is 25.5 Å². The summed E-state index contributed by atoms with van der Waals surface area (Å²) in [4.78, 5) is 26.0. The van der Waals surface area contributed by atoms with E-state index in [1.54, 1.807) is 14.1 Å². The molecule has 7 heteroatoms. The number of nitrogens with one attached hydrogen (secondary N) is 3. The number of benzene rings is 2. The largest absolute Gasteiger partial charge is 0.356 e. The van der Waals surface area contributed by atoms with Gasteiger partial charge in [0.25, 0.3) is 5.91 Å². The standard InChI is InChI=1S/C23H28N6O/c1-24-22(30)19-11-7-8-17(14-19)12-13-26-23(25-2)29(3)16-21-27-15-20(28-21)18-9-5-4-6-10-18/h4-11,14-15H,12-13,16H2,1-3H3,(H,24,30)(H,25,26)(H,27,28). The molecule has 0 saturated heterocycles. The molecule has 0 spiro atoms. The lowest BCUT2D eigenvalue weighted by molar-refractivity contribution is 0.0963. The lowest BCUT2D eigenvalue weighted by atomic mass is 10.1. The number of amides is 1. The third-order valence-corrected chi connectivity index (χ3v) is 4.79. The summed E-state index contributed by atoms with van der Waals surface area (Å²) in [5, 5.41) is 6.03. The van der Waals surface area contributed by atoms with Gasteiger partial charge < -0.3 is 20.5 Å². The van der Waals surface area contributed by atoms with E-state index in [9.17, 15) is 4.79 Å². The molecule has 0 aliphatic rings. The minimum absolute atomic E-state index is 0.0753. The first-order valence-corrected chi connectivity index (χ1v) is 9.93. The van der Waals surface area contributed by atoms with Gasteiger partial charge in [-0.1, -0.05) is 42.5 Å². The Balaban J connectivity index is 1.54. The molecule has 1 amide bonds. The van der Waals surface area contributed by atoms with Crippen LogP contribution in [0.5, 0.6) is 0 Å². The van der Waals surface area contributed by atoms with Gasteiger partial charge in [-0.05, 0) is 29.7 Å². The molecule has 0 atom stereocenters. The Morgan fingerprint density at radius 3 is 2.70 bits per heavy atom. The molecule has 1 heterocycles. The number of carbonyl (C=O) groups excluding carboxylic acids is 1. The Kier molecular flexibility index (Phi) is 7.21. The van der Waals surface area contributed by atoms with Gasteiger partial charge in [0, 0.05) is 33.3 Å². The van der Waals surface area contributed by atoms with Crippen molar-refractivity contribution in [3.63, 3.8) is 0 Å². The maximum atomic E-state index is 11.8. The molecule has 3 N–H and O–H groups in total. The monoisotopic (exact) mass is 404 g/mol. The number of nitrogens with zero attached hydrogens (tertiary/aromatic N) is 3. The van der Waals surface area contributed by atoms with E-state index in [4.69, 9.17) is 0 Å². The molecule has 0 bridgehead atoms. The van der Waals surface area contributed by atoms with Crippen LogP contribution < -0.4 is 10.6 Å². The Labute approximate surface area is 177 Å². The SMILES string of the molecule is CN=C(NCCc1cccc(C(=O)NC)c1)N(C)Cc1ncc(-c2ccccc2)[nH]1. The minimum Gasteiger partial charge on any atom is -0.356 e. The number of carbonyl (C=O) groups is 1. The highest BCUT2D eigenvalue weighted by atomic mass is 16.1. The van der Waals surface area contributed by atoms with Crippen LogP contribution in [0.3, 0.4) is 0 Å². The van der Waals surface area contributed by atoms with Crippen LogP contribution in [0.25, 0.3) is 11.3 Å². The van der Waals surface area contributed by atoms with Gasteiger partial charge in [0.2, 0.25) is 0 Å². The number of aliphatic imine (C=N–C) groups is 1. The summed E-state index contributed by atoms with van der Waals surface area (Å²) >= 11 is 0. The van der Waals surface area contributed by atoms with Crippen LogP contribution in [-0.4, -0.2) is 54.4 Å². The predicted molar refractivity (Wildman–Crippen MR) is 120 cm³/mol. The van der Waals surface area contributed by atoms with Crippen molar-refractivity contribution in [3.8, 4) is 11.3 Å². The topological polar surface area (TPSA) is 85.4 Å². The second kappa shape index (κ2) is 10.2. The van der Waals surface area contributed by atoms with Crippen LogP contribution in [0, 0.1) is 0 Å². The highest BCUT2D eigenvalue weighted by Gasteiger charge is 2.10. The fourth-order valence-corrected chi connectivity index (χ4v) is 3.22. The number of H-pyrrole nitrogens is 1. The minimum atomic E-state index is -0.0753. The molecule has 0 unspecified atom stereocenters. The lowest BCUT2D eigenvalue weighted by Crippen LogP contribution is -2.39. The number of rotatable bonds is 7. The van der Waals surface area contributed by atoms with E-state index in [2.05, 4.69) is 37.7 Å². The fraction of sp³-hybridized carbons (Fsp3) is 0.261. The normalized spacial score (nSPS) is 11.2. The summed E-state index contributed by atoms with van der Waals surface area (Å²) in [5.41, 5.74) is 3.88. The van der Waals surface area contributed by atoms with E-state index in [1.807, 2.05) is 60.6 Å². The first-order valence-electron chi connectivity index (χ1n) is 9.93. The van der Waals surface area contributed by atoms with Gasteiger partial charge in [0.1, 0.15) is 5.82 Å². The Bertz CT molecular complexity index is 996. The summed E-state index contributed by atoms with van der Waals surface area (Å²) < 4.78 is 0. The number of imidazole rings is 1. The first-order chi connectivity index (χ1) is 14.6. The van der Waals surface area contributed by atoms with Crippen LogP contribution >= 0.6 is 0 Å². The molecule has 3 aromatic rings. The molecule has 30 heavy (non-hydrogen) atoms. The second-order valence-corrected chi connectivity index (χ2v) is 6.97. The number of aromatic amines is 1. The fourth-order valence-electron chi connectivity index (χ4n) is 3.22. The summed E-state index contributed by atoms with van der Waals surface area (Å²) in [5.74, 6) is 1.58. The second-order valence-electron chi connectivity index (χ2n) is 6.97. The van der Waals surface area contributed by atoms with Gasteiger partial charge in [0.05, 0.1) is 18.4 Å². The maximum absolute atomic E-state index is 11.8. The first kappa shape index (κ1) is 21.1. The van der Waals surface area contributed by atoms with Crippen molar-refractivity contribution in [1.29, 1.82) is 0 Å². The Hall–Kier alpha value is -3.61. The molecule has 156 valence electrons. The zero-order chi connectivity index (χ0) is 21.3. The van der Waals surface area contributed by atoms with Gasteiger partial charge >= 0.3 is 0 Å². The Morgan fingerprint density at radius 1 is 1.17 bits per heavy atom. The zero-order valence-electron chi connectivity index (χ0n) is 17.6. The van der Waals surface area contributed by atoms with Gasteiger partial charge in [-0.2, -0.15) is 0 Å². The van der Waals surface area contributed by atoms with E-state index in [1.165, 1.54) is 0 Å². The predicted octanol–water partition coefficient (Wildman–Crippen LogP) is 2.69. The van der Waals surface area contributed by atoms with Crippen molar-refractivity contribution in [2.75, 3.05) is 27.7 Å². The smallest absolute Gasteiger partial charge is 0.251 e. The van der Waals surface area contributed by atoms with Gasteiger partial charge in [-0.15, -0.1) is 0 Å². The molecule has 0 aliphatic carbocycles. The lowest BCUT2D eigenvalue weighted by Gasteiger charge is -2.21. The quantitative estimate of drug-likeness (QED) is 0.418. The summed E-state index contributed by atoms with van der Waals surface area (Å²) in [7, 11) is 5.38. The summed E-state index contributed by atoms with van der Waals surface area (Å²) in [6.07, 6.45) is 2.64. The number of guanidine groups is 1. The van der Waals surface area contributed by atoms with E-state index in [0.29, 0.717) is 18.7 Å². The van der Waals surface area contributed by atoms with Crippen LogP contribution in [-0.2, 0) is 13.0 Å². The van der Waals surface area contributed by atoms with Crippen molar-refractivity contribution >= 4 is 11.9 Å². The molecule has 3 rings (SSSR count). The van der Waals surface area contributed by atoms with Gasteiger partial charge in [0.15, 0.2) is 5.96 Å². The molecule has 0 fully saturated rings. The average molecular weight is 405 g/mol. The highest BCUT2D eigenvalue weighted by molar-refractivity contribution is 5.94. The van der Waals surface area contributed by atoms with Gasteiger partial charge in [-0.25, -0.2) is 4.98 Å². The molecule has 1 aromatic heterocycles. The molecule has 0 saturated carbocycles. The third-order valence-electron chi connectivity index (χ3n) is 4.79. The highest BCUT2D eigenvalue weighted by Crippen LogP contribution is 2.16. The van der Waals surface area contributed by atoms with Crippen molar-refractivity contribution in [2.45, 2.75) is 13.0 Å². The van der Waals surface area contributed by atoms with Crippen molar-refractivity contribution in [3.05, 3.63) is 77.7 Å². The van der Waals surface area contributed by atoms with E-state index in [0.717, 1.165) is 35.0 Å². The maximum Gasteiger partial charge on any atom is 0.251 e. The summed E-state index contributed by atoms with van der Waals surface area (Å²) in [6.45, 7) is 1.32. The molecular formula is C23H28N6O. The molecule has 0 aliphatic heterocycles. The van der Waals surface area contributed by atoms with E-state index in [-0.39, 0.29) is 5.91 Å². The number of aromatic nitrogens is 2. The van der Waals surface area contributed by atoms with Gasteiger partial charge in [-0.3, -0.25) is 9.79 Å². The summed E-state index contributed by atoms with van der Waals surface area (Å²) in [6, 6.07) is 17.8. The molecular weight excluding hydrogens is 376 g/mol. The van der Waals surface area contributed by atoms with Crippen molar-refractivity contribution < 1.29 is 4.79 Å². The number of hydrogen-bond donors (Lipinski definition) is 3. The van der Waals surface area contributed by atoms with Crippen LogP contribution in [0.15, 0.2) is 65.8 Å². The van der Waals surface area contributed by atoms with E-state index >= 15 is 0 Å². The number of hydrogen-bond acceptors (Lipinski definition) is 3. The molecule has 2 aromatic carbocycles. The van der Waals surface area contributed by atoms with Crippen molar-refractivity contribution in [2.24, 2.45) is 4.99 Å².